The van der Waals surface area contributed by atoms with E-state index in [1.165, 1.54) is 16.5 Å². The number of para-hydroxylation sites is 1. The van der Waals surface area contributed by atoms with Crippen molar-refractivity contribution in [3.8, 4) is 0 Å². The number of aryl methyl sites for hydroxylation is 1. The Labute approximate surface area is 164 Å². The number of nitrogens with zero attached hydrogens (tertiary/aromatic N) is 1. The van der Waals surface area contributed by atoms with E-state index in [0.717, 1.165) is 24.8 Å². The van der Waals surface area contributed by atoms with Gasteiger partial charge in [0.05, 0.1) is 5.92 Å². The molecule has 2 unspecified atom stereocenters. The molecule has 0 aliphatic carbocycles. The van der Waals surface area contributed by atoms with Gasteiger partial charge in [0.2, 0.25) is 11.8 Å². The van der Waals surface area contributed by atoms with Crippen molar-refractivity contribution in [1.29, 1.82) is 0 Å². The summed E-state index contributed by atoms with van der Waals surface area (Å²) in [6.07, 6.45) is 4.56. The predicted octanol–water partition coefficient (Wildman–Crippen LogP) is 3.05. The number of aromatic amines is 1. The first kappa shape index (κ1) is 18.3. The van der Waals surface area contributed by atoms with Gasteiger partial charge in [0.1, 0.15) is 0 Å². The van der Waals surface area contributed by atoms with Gasteiger partial charge in [-0.05, 0) is 36.5 Å². The number of H-pyrrole nitrogens is 1. The van der Waals surface area contributed by atoms with Gasteiger partial charge < -0.3 is 15.6 Å². The Hall–Kier alpha value is -3.08. The molecule has 2 amide bonds. The largest absolute Gasteiger partial charge is 0.369 e. The van der Waals surface area contributed by atoms with Gasteiger partial charge >= 0.3 is 0 Å². The highest BCUT2D eigenvalue weighted by Crippen LogP contribution is 2.30. The Morgan fingerprint density at radius 3 is 2.61 bits per heavy atom. The van der Waals surface area contributed by atoms with Gasteiger partial charge in [0, 0.05) is 36.1 Å². The van der Waals surface area contributed by atoms with E-state index in [0.29, 0.717) is 6.54 Å². The summed E-state index contributed by atoms with van der Waals surface area (Å²) >= 11 is 0. The van der Waals surface area contributed by atoms with Gasteiger partial charge in [-0.2, -0.15) is 0 Å². The van der Waals surface area contributed by atoms with Gasteiger partial charge in [-0.3, -0.25) is 9.59 Å². The summed E-state index contributed by atoms with van der Waals surface area (Å²) in [4.78, 5) is 29.8. The van der Waals surface area contributed by atoms with E-state index in [1.54, 1.807) is 0 Å². The molecule has 4 rings (SSSR count). The Bertz CT molecular complexity index is 980. The standard InChI is InChI=1S/C23H25N3O2/c24-23(28)19-14-22(27)26(13-12-16-6-2-1-3-7-16)21(19)11-10-17-15-25-20-9-5-4-8-18(17)20/h1-9,15,19,21,25H,10-14H2,(H2,24,28). The number of carbonyl (C=O) groups excluding carboxylic acids is 2. The zero-order chi connectivity index (χ0) is 19.5. The normalized spacial score (nSPS) is 19.4. The zero-order valence-electron chi connectivity index (χ0n) is 15.8. The van der Waals surface area contributed by atoms with Crippen LogP contribution in [0.4, 0.5) is 0 Å². The first-order valence-electron chi connectivity index (χ1n) is 9.81. The number of primary amides is 1. The lowest BCUT2D eigenvalue weighted by atomic mass is 9.93. The molecule has 144 valence electrons. The van der Waals surface area contributed by atoms with Crippen LogP contribution < -0.4 is 5.73 Å². The summed E-state index contributed by atoms with van der Waals surface area (Å²) in [5.74, 6) is -0.753. The van der Waals surface area contributed by atoms with Crippen LogP contribution >= 0.6 is 0 Å². The second-order valence-electron chi connectivity index (χ2n) is 7.50. The molecule has 1 aliphatic heterocycles. The monoisotopic (exact) mass is 375 g/mol. The number of aromatic nitrogens is 1. The van der Waals surface area contributed by atoms with Crippen molar-refractivity contribution >= 4 is 22.7 Å². The maximum absolute atomic E-state index is 12.6. The Morgan fingerprint density at radius 1 is 1.07 bits per heavy atom. The first-order valence-corrected chi connectivity index (χ1v) is 9.81. The molecule has 3 N–H and O–H groups in total. The molecule has 1 saturated heterocycles. The lowest BCUT2D eigenvalue weighted by Gasteiger charge is -2.27. The first-order chi connectivity index (χ1) is 13.6. The molecule has 5 nitrogen and oxygen atoms in total. The maximum atomic E-state index is 12.6. The number of likely N-dealkylation sites (tertiary alicyclic amines) is 1. The molecule has 1 aliphatic rings. The van der Waals surface area contributed by atoms with Crippen LogP contribution in [0.5, 0.6) is 0 Å². The number of fused-ring (bicyclic) bond motifs is 1. The Balaban J connectivity index is 1.50. The Morgan fingerprint density at radius 2 is 1.82 bits per heavy atom. The molecule has 3 aromatic rings. The molecule has 1 fully saturated rings. The Kier molecular flexibility index (Phi) is 5.15. The van der Waals surface area contributed by atoms with E-state index in [1.807, 2.05) is 41.4 Å². The molecule has 0 radical (unpaired) electrons. The number of benzene rings is 2. The molecule has 1 aromatic heterocycles. The van der Waals surface area contributed by atoms with Gasteiger partial charge in [0.15, 0.2) is 0 Å². The van der Waals surface area contributed by atoms with Gasteiger partial charge in [0.25, 0.3) is 0 Å². The third-order valence-corrected chi connectivity index (χ3v) is 5.81. The number of amides is 2. The van der Waals surface area contributed by atoms with Crippen LogP contribution in [0.3, 0.4) is 0 Å². The quantitative estimate of drug-likeness (QED) is 0.666. The molecular formula is C23H25N3O2. The summed E-state index contributed by atoms with van der Waals surface area (Å²) in [5, 5.41) is 1.19. The van der Waals surface area contributed by atoms with E-state index in [2.05, 4.69) is 29.2 Å². The minimum Gasteiger partial charge on any atom is -0.369 e. The van der Waals surface area contributed by atoms with Crippen LogP contribution in [-0.2, 0) is 22.4 Å². The lowest BCUT2D eigenvalue weighted by Crippen LogP contribution is -2.40. The molecule has 0 saturated carbocycles. The molecule has 28 heavy (non-hydrogen) atoms. The van der Waals surface area contributed by atoms with Crippen molar-refractivity contribution in [2.45, 2.75) is 31.7 Å². The summed E-state index contributed by atoms with van der Waals surface area (Å²) in [6, 6.07) is 18.2. The summed E-state index contributed by atoms with van der Waals surface area (Å²) in [7, 11) is 0. The van der Waals surface area contributed by atoms with Gasteiger partial charge in [-0.25, -0.2) is 0 Å². The molecule has 2 atom stereocenters. The van der Waals surface area contributed by atoms with Crippen LogP contribution in [0.1, 0.15) is 24.0 Å². The molecule has 0 bridgehead atoms. The molecule has 2 heterocycles. The van der Waals surface area contributed by atoms with Crippen LogP contribution in [0, 0.1) is 5.92 Å². The average Bonchev–Trinajstić information content (AvgIpc) is 3.26. The van der Waals surface area contributed by atoms with E-state index in [9.17, 15) is 9.59 Å². The molecule has 0 spiro atoms. The number of rotatable bonds is 7. The third-order valence-electron chi connectivity index (χ3n) is 5.81. The van der Waals surface area contributed by atoms with Crippen LogP contribution in [0.15, 0.2) is 60.8 Å². The number of nitrogens with one attached hydrogen (secondary N) is 1. The minimum atomic E-state index is -0.409. The SMILES string of the molecule is NC(=O)C1CC(=O)N(CCc2ccccc2)C1CCc1c[nH]c2ccccc12. The highest BCUT2D eigenvalue weighted by molar-refractivity contribution is 5.89. The van der Waals surface area contributed by atoms with Crippen molar-refractivity contribution in [3.63, 3.8) is 0 Å². The van der Waals surface area contributed by atoms with Crippen molar-refractivity contribution < 1.29 is 9.59 Å². The van der Waals surface area contributed by atoms with Crippen molar-refractivity contribution in [3.05, 3.63) is 71.9 Å². The van der Waals surface area contributed by atoms with Gasteiger partial charge in [-0.1, -0.05) is 48.5 Å². The number of nitrogens with two attached hydrogens (primary N) is 1. The summed E-state index contributed by atoms with van der Waals surface area (Å²) < 4.78 is 0. The highest BCUT2D eigenvalue weighted by atomic mass is 16.2. The second kappa shape index (κ2) is 7.89. The van der Waals surface area contributed by atoms with E-state index >= 15 is 0 Å². The fourth-order valence-electron chi connectivity index (χ4n) is 4.32. The average molecular weight is 375 g/mol. The van der Waals surface area contributed by atoms with E-state index < -0.39 is 5.92 Å². The summed E-state index contributed by atoms with van der Waals surface area (Å²) in [5.41, 5.74) is 9.14. The van der Waals surface area contributed by atoms with Crippen LogP contribution in [-0.4, -0.2) is 34.3 Å². The molecule has 5 heteroatoms. The second-order valence-corrected chi connectivity index (χ2v) is 7.50. The smallest absolute Gasteiger partial charge is 0.223 e. The molecular weight excluding hydrogens is 350 g/mol. The van der Waals surface area contributed by atoms with Crippen molar-refractivity contribution in [1.82, 2.24) is 9.88 Å². The van der Waals surface area contributed by atoms with E-state index in [-0.39, 0.29) is 24.3 Å². The van der Waals surface area contributed by atoms with Gasteiger partial charge in [-0.15, -0.1) is 0 Å². The minimum absolute atomic E-state index is 0.0312. The number of carbonyl (C=O) groups is 2. The fraction of sp³-hybridized carbons (Fsp3) is 0.304. The maximum Gasteiger partial charge on any atom is 0.223 e. The third kappa shape index (κ3) is 3.65. The topological polar surface area (TPSA) is 79.2 Å². The number of hydrogen-bond acceptors (Lipinski definition) is 2. The highest BCUT2D eigenvalue weighted by Gasteiger charge is 2.42. The van der Waals surface area contributed by atoms with Crippen molar-refractivity contribution in [2.75, 3.05) is 6.54 Å². The van der Waals surface area contributed by atoms with Crippen LogP contribution in [0.25, 0.3) is 10.9 Å². The van der Waals surface area contributed by atoms with Crippen LogP contribution in [0.2, 0.25) is 0 Å². The van der Waals surface area contributed by atoms with Crippen molar-refractivity contribution in [2.24, 2.45) is 11.7 Å². The lowest BCUT2D eigenvalue weighted by molar-refractivity contribution is -0.129. The fourth-order valence-corrected chi connectivity index (χ4v) is 4.32. The predicted molar refractivity (Wildman–Crippen MR) is 110 cm³/mol. The zero-order valence-corrected chi connectivity index (χ0v) is 15.8. The van der Waals surface area contributed by atoms with E-state index in [4.69, 9.17) is 5.73 Å². The summed E-state index contributed by atoms with van der Waals surface area (Å²) in [6.45, 7) is 0.616. The molecule has 2 aromatic carbocycles. The number of hydrogen-bond donors (Lipinski definition) is 2.